The molecule has 0 bridgehead atoms. The van der Waals surface area contributed by atoms with Crippen LogP contribution in [0, 0.1) is 19.8 Å². The molecule has 1 saturated heterocycles. The minimum atomic E-state index is -0.166. The smallest absolute Gasteiger partial charge is 0.224 e. The molecule has 0 spiro atoms. The molecule has 1 fully saturated rings. The van der Waals surface area contributed by atoms with Crippen molar-refractivity contribution in [3.63, 3.8) is 0 Å². The molecule has 0 saturated carbocycles. The van der Waals surface area contributed by atoms with E-state index in [-0.39, 0.29) is 17.4 Å². The Balaban J connectivity index is 1.96. The van der Waals surface area contributed by atoms with Crippen molar-refractivity contribution < 1.29 is 9.32 Å². The number of piperidine rings is 1. The van der Waals surface area contributed by atoms with Crippen molar-refractivity contribution in [2.45, 2.75) is 59.5 Å². The molecule has 1 aromatic rings. The summed E-state index contributed by atoms with van der Waals surface area (Å²) in [5, 5.41) is 7.10. The molecular weight excluding hydrogens is 266 g/mol. The summed E-state index contributed by atoms with van der Waals surface area (Å²) < 4.78 is 5.22. The van der Waals surface area contributed by atoms with Crippen LogP contribution < -0.4 is 5.32 Å². The Bertz CT molecular complexity index is 483. The van der Waals surface area contributed by atoms with Gasteiger partial charge in [-0.1, -0.05) is 5.16 Å². The number of likely N-dealkylation sites (tertiary alicyclic amines) is 1. The van der Waals surface area contributed by atoms with E-state index >= 15 is 0 Å². The number of aromatic nitrogens is 1. The molecule has 21 heavy (non-hydrogen) atoms. The summed E-state index contributed by atoms with van der Waals surface area (Å²) in [5.74, 6) is 1.14. The molecule has 0 aliphatic carbocycles. The zero-order valence-electron chi connectivity index (χ0n) is 13.8. The summed E-state index contributed by atoms with van der Waals surface area (Å²) in [6.07, 6.45) is 2.03. The summed E-state index contributed by atoms with van der Waals surface area (Å²) in [6, 6.07) is 0. The van der Waals surface area contributed by atoms with Crippen LogP contribution in [0.1, 0.15) is 50.6 Å². The predicted octanol–water partition coefficient (Wildman–Crippen LogP) is 2.42. The van der Waals surface area contributed by atoms with E-state index in [1.165, 1.54) is 0 Å². The fourth-order valence-corrected chi connectivity index (χ4v) is 2.84. The molecule has 1 atom stereocenters. The maximum atomic E-state index is 12.3. The van der Waals surface area contributed by atoms with Gasteiger partial charge in [0, 0.05) is 24.2 Å². The number of carbonyl (C=O) groups excluding carboxylic acids is 1. The minimum absolute atomic E-state index is 0.0819. The van der Waals surface area contributed by atoms with Crippen LogP contribution in [0.5, 0.6) is 0 Å². The van der Waals surface area contributed by atoms with Crippen molar-refractivity contribution in [1.82, 2.24) is 15.4 Å². The Morgan fingerprint density at radius 1 is 1.43 bits per heavy atom. The fourth-order valence-electron chi connectivity index (χ4n) is 2.84. The van der Waals surface area contributed by atoms with E-state index in [4.69, 9.17) is 4.52 Å². The summed E-state index contributed by atoms with van der Waals surface area (Å²) in [7, 11) is 0. The Morgan fingerprint density at radius 3 is 2.71 bits per heavy atom. The molecule has 2 rings (SSSR count). The highest BCUT2D eigenvalue weighted by Crippen LogP contribution is 2.22. The number of amides is 1. The number of hydrogen-bond acceptors (Lipinski definition) is 4. The highest BCUT2D eigenvalue weighted by atomic mass is 16.5. The maximum absolute atomic E-state index is 12.3. The van der Waals surface area contributed by atoms with Gasteiger partial charge in [-0.2, -0.15) is 0 Å². The summed E-state index contributed by atoms with van der Waals surface area (Å²) >= 11 is 0. The van der Waals surface area contributed by atoms with E-state index in [2.05, 4.69) is 15.4 Å². The first kappa shape index (κ1) is 16.0. The van der Waals surface area contributed by atoms with Gasteiger partial charge in [-0.15, -0.1) is 0 Å². The first-order chi connectivity index (χ1) is 9.76. The lowest BCUT2D eigenvalue weighted by Crippen LogP contribution is -2.48. The molecule has 5 nitrogen and oxygen atoms in total. The summed E-state index contributed by atoms with van der Waals surface area (Å²) in [6.45, 7) is 12.7. The number of aryl methyl sites for hydroxylation is 2. The molecule has 1 aliphatic heterocycles. The van der Waals surface area contributed by atoms with Crippen LogP contribution in [-0.4, -0.2) is 34.6 Å². The Kier molecular flexibility index (Phi) is 4.71. The predicted molar refractivity (Wildman–Crippen MR) is 81.9 cm³/mol. The number of carbonyl (C=O) groups is 1. The summed E-state index contributed by atoms with van der Waals surface area (Å²) in [4.78, 5) is 14.7. The molecule has 1 amide bonds. The quantitative estimate of drug-likeness (QED) is 0.930. The molecular formula is C16H27N3O2. The summed E-state index contributed by atoms with van der Waals surface area (Å²) in [5.41, 5.74) is 1.95. The lowest BCUT2D eigenvalue weighted by molar-refractivity contribution is -0.128. The van der Waals surface area contributed by atoms with Crippen LogP contribution in [0.2, 0.25) is 0 Å². The third kappa shape index (κ3) is 4.30. The second-order valence-electron chi connectivity index (χ2n) is 7.12. The van der Waals surface area contributed by atoms with Crippen molar-refractivity contribution in [2.24, 2.45) is 5.92 Å². The normalized spacial score (nSPS) is 20.5. The zero-order valence-corrected chi connectivity index (χ0v) is 13.8. The van der Waals surface area contributed by atoms with Gasteiger partial charge in [0.25, 0.3) is 0 Å². The lowest BCUT2D eigenvalue weighted by Gasteiger charge is -2.33. The average molecular weight is 293 g/mol. The third-order valence-electron chi connectivity index (χ3n) is 3.94. The zero-order chi connectivity index (χ0) is 15.6. The average Bonchev–Trinajstić information content (AvgIpc) is 2.69. The monoisotopic (exact) mass is 293 g/mol. The van der Waals surface area contributed by atoms with Gasteiger partial charge >= 0.3 is 0 Å². The fraction of sp³-hybridized carbons (Fsp3) is 0.750. The SMILES string of the molecule is Cc1noc(C)c1CN1CCCC(C(=O)NC(C)(C)C)C1. The van der Waals surface area contributed by atoms with Gasteiger partial charge in [0.1, 0.15) is 5.76 Å². The Labute approximate surface area is 127 Å². The van der Waals surface area contributed by atoms with Gasteiger partial charge in [0.2, 0.25) is 5.91 Å². The number of hydrogen-bond donors (Lipinski definition) is 1. The van der Waals surface area contributed by atoms with Crippen molar-refractivity contribution in [1.29, 1.82) is 0 Å². The van der Waals surface area contributed by atoms with Gasteiger partial charge in [-0.25, -0.2) is 0 Å². The van der Waals surface area contributed by atoms with Crippen LogP contribution >= 0.6 is 0 Å². The second kappa shape index (κ2) is 6.18. The van der Waals surface area contributed by atoms with E-state index in [0.717, 1.165) is 49.5 Å². The van der Waals surface area contributed by atoms with Gasteiger partial charge in [-0.05, 0) is 54.0 Å². The second-order valence-corrected chi connectivity index (χ2v) is 7.12. The third-order valence-corrected chi connectivity index (χ3v) is 3.94. The topological polar surface area (TPSA) is 58.4 Å². The van der Waals surface area contributed by atoms with Crippen LogP contribution in [0.4, 0.5) is 0 Å². The highest BCUT2D eigenvalue weighted by molar-refractivity contribution is 5.79. The molecule has 1 aromatic heterocycles. The standard InChI is InChI=1S/C16H27N3O2/c1-11-14(12(2)21-18-11)10-19-8-6-7-13(9-19)15(20)17-16(3,4)5/h13H,6-10H2,1-5H3,(H,17,20). The van der Waals surface area contributed by atoms with Gasteiger partial charge in [0.15, 0.2) is 0 Å². The molecule has 0 aromatic carbocycles. The van der Waals surface area contributed by atoms with Crippen LogP contribution in [0.15, 0.2) is 4.52 Å². The van der Waals surface area contributed by atoms with Crippen LogP contribution in [0.3, 0.4) is 0 Å². The Morgan fingerprint density at radius 2 is 2.14 bits per heavy atom. The van der Waals surface area contributed by atoms with E-state index in [1.54, 1.807) is 0 Å². The largest absolute Gasteiger partial charge is 0.361 e. The van der Waals surface area contributed by atoms with E-state index in [9.17, 15) is 4.79 Å². The van der Waals surface area contributed by atoms with Crippen LogP contribution in [-0.2, 0) is 11.3 Å². The first-order valence-corrected chi connectivity index (χ1v) is 7.72. The molecule has 5 heteroatoms. The van der Waals surface area contributed by atoms with E-state index in [0.29, 0.717) is 0 Å². The minimum Gasteiger partial charge on any atom is -0.361 e. The molecule has 0 radical (unpaired) electrons. The molecule has 1 unspecified atom stereocenters. The lowest BCUT2D eigenvalue weighted by atomic mass is 9.95. The van der Waals surface area contributed by atoms with Gasteiger partial charge in [-0.3, -0.25) is 9.69 Å². The van der Waals surface area contributed by atoms with Crippen molar-refractivity contribution in [3.8, 4) is 0 Å². The highest BCUT2D eigenvalue weighted by Gasteiger charge is 2.28. The number of nitrogens with zero attached hydrogens (tertiary/aromatic N) is 2. The van der Waals surface area contributed by atoms with E-state index < -0.39 is 0 Å². The van der Waals surface area contributed by atoms with Crippen molar-refractivity contribution in [2.75, 3.05) is 13.1 Å². The van der Waals surface area contributed by atoms with E-state index in [1.807, 2.05) is 34.6 Å². The van der Waals surface area contributed by atoms with Crippen molar-refractivity contribution in [3.05, 3.63) is 17.0 Å². The molecule has 1 aliphatic rings. The van der Waals surface area contributed by atoms with Gasteiger partial charge < -0.3 is 9.84 Å². The van der Waals surface area contributed by atoms with Crippen molar-refractivity contribution >= 4 is 5.91 Å². The maximum Gasteiger partial charge on any atom is 0.224 e. The van der Waals surface area contributed by atoms with Gasteiger partial charge in [0.05, 0.1) is 11.6 Å². The first-order valence-electron chi connectivity index (χ1n) is 7.72. The molecule has 118 valence electrons. The number of nitrogens with one attached hydrogen (secondary N) is 1. The molecule has 1 N–H and O–H groups in total. The van der Waals surface area contributed by atoms with Crippen LogP contribution in [0.25, 0.3) is 0 Å². The number of rotatable bonds is 3. The Hall–Kier alpha value is -1.36. The molecule has 2 heterocycles.